The average Bonchev–Trinajstić information content (AvgIpc) is 2.86. The summed E-state index contributed by atoms with van der Waals surface area (Å²) >= 11 is 12.1. The molecule has 0 aliphatic carbocycles. The van der Waals surface area contributed by atoms with Crippen LogP contribution in [0.5, 0.6) is 0 Å². The fraction of sp³-hybridized carbons (Fsp3) is 0.280. The molecule has 1 aliphatic rings. The lowest BCUT2D eigenvalue weighted by Crippen LogP contribution is -2.49. The minimum Gasteiger partial charge on any atom is -0.367 e. The summed E-state index contributed by atoms with van der Waals surface area (Å²) in [5.74, 6) is -1.84. The van der Waals surface area contributed by atoms with Gasteiger partial charge in [0.1, 0.15) is 11.0 Å². The Balaban J connectivity index is 1.37. The second-order valence-electron chi connectivity index (χ2n) is 8.13. The molecule has 10 heteroatoms. The minimum absolute atomic E-state index is 0.000632. The highest BCUT2D eigenvalue weighted by Crippen LogP contribution is 2.31. The van der Waals surface area contributed by atoms with E-state index in [0.29, 0.717) is 44.9 Å². The fourth-order valence-electron chi connectivity index (χ4n) is 4.00. The lowest BCUT2D eigenvalue weighted by molar-refractivity contribution is 0.0525. The Hall–Kier alpha value is -2.07. The van der Waals surface area contributed by atoms with Crippen molar-refractivity contribution in [3.63, 3.8) is 0 Å². The molecular formula is C25H24Cl2F2N2O3S. The van der Waals surface area contributed by atoms with Gasteiger partial charge in [-0.25, -0.2) is 17.2 Å². The number of hydrogen-bond acceptors (Lipinski definition) is 4. The summed E-state index contributed by atoms with van der Waals surface area (Å²) in [6.07, 6.45) is -0.557. The third kappa shape index (κ3) is 6.02. The van der Waals surface area contributed by atoms with E-state index in [1.807, 2.05) is 30.3 Å². The van der Waals surface area contributed by atoms with Gasteiger partial charge in [-0.15, -0.1) is 0 Å². The number of halogens is 4. The van der Waals surface area contributed by atoms with Crippen LogP contribution in [0.25, 0.3) is 0 Å². The summed E-state index contributed by atoms with van der Waals surface area (Å²) in [4.78, 5) is 2.10. The van der Waals surface area contributed by atoms with Gasteiger partial charge in [0.15, 0.2) is 11.6 Å². The molecule has 1 saturated heterocycles. The lowest BCUT2D eigenvalue weighted by Gasteiger charge is -2.34. The number of piperazine rings is 1. The molecule has 4 rings (SSSR count). The monoisotopic (exact) mass is 540 g/mol. The van der Waals surface area contributed by atoms with Gasteiger partial charge in [0.05, 0.1) is 16.7 Å². The van der Waals surface area contributed by atoms with Crippen molar-refractivity contribution in [2.24, 2.45) is 0 Å². The standard InChI is InChI=1S/C25H24Cl2F2N2O3S/c26-20-7-4-8-23(24(20)27)35(32,33)31-13-11-30(12-14-31)15-16-34-25(18-5-2-1-3-6-18)19-9-10-21(28)22(29)17-19/h1-10,17,25H,11-16H2. The molecule has 3 aromatic carbocycles. The van der Waals surface area contributed by atoms with E-state index in [2.05, 4.69) is 4.90 Å². The van der Waals surface area contributed by atoms with Crippen LogP contribution in [0.1, 0.15) is 17.2 Å². The van der Waals surface area contributed by atoms with Gasteiger partial charge < -0.3 is 4.74 Å². The largest absolute Gasteiger partial charge is 0.367 e. The van der Waals surface area contributed by atoms with E-state index < -0.39 is 27.8 Å². The van der Waals surface area contributed by atoms with Crippen LogP contribution in [0.4, 0.5) is 8.78 Å². The van der Waals surface area contributed by atoms with Crippen LogP contribution in [0, 0.1) is 11.6 Å². The fourth-order valence-corrected chi connectivity index (χ4v) is 6.16. The van der Waals surface area contributed by atoms with Crippen LogP contribution in [-0.4, -0.2) is 57.0 Å². The van der Waals surface area contributed by atoms with Crippen molar-refractivity contribution in [2.45, 2.75) is 11.0 Å². The van der Waals surface area contributed by atoms with Crippen LogP contribution in [-0.2, 0) is 14.8 Å². The van der Waals surface area contributed by atoms with E-state index in [4.69, 9.17) is 27.9 Å². The molecule has 1 fully saturated rings. The van der Waals surface area contributed by atoms with Gasteiger partial charge in [0, 0.05) is 32.7 Å². The number of rotatable bonds is 8. The maximum atomic E-state index is 13.9. The van der Waals surface area contributed by atoms with E-state index in [1.165, 1.54) is 16.4 Å². The van der Waals surface area contributed by atoms with Crippen molar-refractivity contribution in [2.75, 3.05) is 39.3 Å². The smallest absolute Gasteiger partial charge is 0.244 e. The zero-order valence-electron chi connectivity index (χ0n) is 18.7. The Morgan fingerprint density at radius 1 is 0.857 bits per heavy atom. The van der Waals surface area contributed by atoms with E-state index in [9.17, 15) is 17.2 Å². The first-order valence-corrected chi connectivity index (χ1v) is 13.2. The highest BCUT2D eigenvalue weighted by atomic mass is 35.5. The zero-order chi connectivity index (χ0) is 25.0. The van der Waals surface area contributed by atoms with Crippen molar-refractivity contribution in [3.05, 3.63) is 99.5 Å². The second-order valence-corrected chi connectivity index (χ2v) is 10.8. The molecule has 1 unspecified atom stereocenters. The van der Waals surface area contributed by atoms with Gasteiger partial charge in [0.2, 0.25) is 10.0 Å². The molecule has 5 nitrogen and oxygen atoms in total. The second kappa shape index (κ2) is 11.3. The van der Waals surface area contributed by atoms with Crippen molar-refractivity contribution < 1.29 is 21.9 Å². The molecule has 0 spiro atoms. The Kier molecular flexibility index (Phi) is 8.42. The first-order valence-electron chi connectivity index (χ1n) is 11.1. The third-order valence-electron chi connectivity index (χ3n) is 5.91. The van der Waals surface area contributed by atoms with E-state index in [0.717, 1.165) is 17.7 Å². The molecule has 0 radical (unpaired) electrons. The molecule has 1 atom stereocenters. The SMILES string of the molecule is O=S(=O)(c1cccc(Cl)c1Cl)N1CCN(CCOC(c2ccccc2)c2ccc(F)c(F)c2)CC1. The van der Waals surface area contributed by atoms with Crippen molar-refractivity contribution in [3.8, 4) is 0 Å². The normalized spacial score (nSPS) is 16.3. The van der Waals surface area contributed by atoms with Crippen LogP contribution >= 0.6 is 23.2 Å². The van der Waals surface area contributed by atoms with Crippen LogP contribution < -0.4 is 0 Å². The number of ether oxygens (including phenoxy) is 1. The van der Waals surface area contributed by atoms with Crippen LogP contribution in [0.3, 0.4) is 0 Å². The molecule has 0 amide bonds. The highest BCUT2D eigenvalue weighted by molar-refractivity contribution is 7.89. The van der Waals surface area contributed by atoms with E-state index in [1.54, 1.807) is 12.1 Å². The van der Waals surface area contributed by atoms with Gasteiger partial charge in [-0.1, -0.05) is 65.7 Å². The number of sulfonamides is 1. The molecule has 0 saturated carbocycles. The topological polar surface area (TPSA) is 49.9 Å². The van der Waals surface area contributed by atoms with Gasteiger partial charge in [-0.3, -0.25) is 4.90 Å². The Bertz CT molecular complexity index is 1270. The average molecular weight is 541 g/mol. The number of benzene rings is 3. The highest BCUT2D eigenvalue weighted by Gasteiger charge is 2.30. The zero-order valence-corrected chi connectivity index (χ0v) is 21.0. The molecule has 0 aromatic heterocycles. The predicted octanol–water partition coefficient (Wildman–Crippen LogP) is 5.38. The van der Waals surface area contributed by atoms with Crippen LogP contribution in [0.2, 0.25) is 10.0 Å². The van der Waals surface area contributed by atoms with Gasteiger partial charge in [-0.05, 0) is 35.4 Å². The molecule has 3 aromatic rings. The van der Waals surface area contributed by atoms with Crippen molar-refractivity contribution in [1.82, 2.24) is 9.21 Å². The molecule has 1 aliphatic heterocycles. The molecule has 0 N–H and O–H groups in total. The lowest BCUT2D eigenvalue weighted by atomic mass is 10.0. The maximum absolute atomic E-state index is 13.9. The molecule has 186 valence electrons. The first kappa shape index (κ1) is 26.0. The van der Waals surface area contributed by atoms with E-state index >= 15 is 0 Å². The molecule has 35 heavy (non-hydrogen) atoms. The van der Waals surface area contributed by atoms with Crippen LogP contribution in [0.15, 0.2) is 71.6 Å². The molecular weight excluding hydrogens is 517 g/mol. The molecule has 1 heterocycles. The summed E-state index contributed by atoms with van der Waals surface area (Å²) in [6.45, 7) is 2.51. The Labute approximate surface area is 213 Å². The summed E-state index contributed by atoms with van der Waals surface area (Å²) < 4.78 is 60.8. The maximum Gasteiger partial charge on any atom is 0.244 e. The summed E-state index contributed by atoms with van der Waals surface area (Å²) in [7, 11) is -3.76. The Morgan fingerprint density at radius 3 is 2.26 bits per heavy atom. The Morgan fingerprint density at radius 2 is 1.57 bits per heavy atom. The summed E-state index contributed by atoms with van der Waals surface area (Å²) in [5, 5.41) is 0.215. The summed E-state index contributed by atoms with van der Waals surface area (Å²) in [5.41, 5.74) is 1.34. The third-order valence-corrected chi connectivity index (χ3v) is 8.78. The van der Waals surface area contributed by atoms with Gasteiger partial charge in [-0.2, -0.15) is 4.31 Å². The quantitative estimate of drug-likeness (QED) is 0.384. The van der Waals surface area contributed by atoms with Gasteiger partial charge in [0.25, 0.3) is 0 Å². The minimum atomic E-state index is -3.76. The number of nitrogens with zero attached hydrogens (tertiary/aromatic N) is 2. The van der Waals surface area contributed by atoms with Crippen molar-refractivity contribution >= 4 is 33.2 Å². The first-order chi connectivity index (χ1) is 16.8. The van der Waals surface area contributed by atoms with E-state index in [-0.39, 0.29) is 14.9 Å². The molecule has 0 bridgehead atoms. The predicted molar refractivity (Wildman–Crippen MR) is 132 cm³/mol. The summed E-state index contributed by atoms with van der Waals surface area (Å²) in [6, 6.07) is 17.6. The number of hydrogen-bond donors (Lipinski definition) is 0. The van der Waals surface area contributed by atoms with Crippen molar-refractivity contribution in [1.29, 1.82) is 0 Å². The van der Waals surface area contributed by atoms with Gasteiger partial charge >= 0.3 is 0 Å².